The number of hydrogen-bond donors (Lipinski definition) is 1. The maximum Gasteiger partial charge on any atom is 0.222 e. The van der Waals surface area contributed by atoms with Crippen LogP contribution in [0.1, 0.15) is 46.5 Å². The van der Waals surface area contributed by atoms with E-state index in [4.69, 9.17) is 5.73 Å². The average molecular weight is 226 g/mol. The third-order valence-electron chi connectivity index (χ3n) is 3.77. The summed E-state index contributed by atoms with van der Waals surface area (Å²) in [6.07, 6.45) is 4.06. The van der Waals surface area contributed by atoms with Gasteiger partial charge in [-0.2, -0.15) is 0 Å². The molecule has 3 atom stereocenters. The zero-order chi connectivity index (χ0) is 12.1. The Bertz CT molecular complexity index is 228. The molecule has 0 aromatic rings. The van der Waals surface area contributed by atoms with Crippen molar-refractivity contribution in [3.8, 4) is 0 Å². The number of hydrogen-bond acceptors (Lipinski definition) is 2. The van der Waals surface area contributed by atoms with Crippen molar-refractivity contribution in [1.82, 2.24) is 4.90 Å². The van der Waals surface area contributed by atoms with Gasteiger partial charge in [-0.25, -0.2) is 0 Å². The molecule has 0 saturated carbocycles. The summed E-state index contributed by atoms with van der Waals surface area (Å²) in [5.74, 6) is 1.32. The molecule has 1 aliphatic heterocycles. The lowest BCUT2D eigenvalue weighted by Gasteiger charge is -2.35. The second-order valence-electron chi connectivity index (χ2n) is 5.32. The molecular weight excluding hydrogens is 200 g/mol. The number of likely N-dealkylation sites (tertiary alicyclic amines) is 1. The van der Waals surface area contributed by atoms with Crippen LogP contribution in [-0.2, 0) is 4.79 Å². The monoisotopic (exact) mass is 226 g/mol. The summed E-state index contributed by atoms with van der Waals surface area (Å²) in [5.41, 5.74) is 5.92. The molecule has 1 fully saturated rings. The van der Waals surface area contributed by atoms with Crippen LogP contribution >= 0.6 is 0 Å². The van der Waals surface area contributed by atoms with Crippen LogP contribution in [0, 0.1) is 11.8 Å². The third-order valence-corrected chi connectivity index (χ3v) is 3.77. The molecule has 3 nitrogen and oxygen atoms in total. The Morgan fingerprint density at radius 1 is 1.50 bits per heavy atom. The molecule has 0 aromatic carbocycles. The first-order chi connectivity index (χ1) is 7.54. The fraction of sp³-hybridized carbons (Fsp3) is 0.923. The third kappa shape index (κ3) is 3.78. The van der Waals surface area contributed by atoms with E-state index < -0.39 is 0 Å². The van der Waals surface area contributed by atoms with Gasteiger partial charge in [0.1, 0.15) is 0 Å². The van der Waals surface area contributed by atoms with Gasteiger partial charge in [-0.1, -0.05) is 20.3 Å². The van der Waals surface area contributed by atoms with Crippen molar-refractivity contribution >= 4 is 5.91 Å². The molecule has 3 heteroatoms. The van der Waals surface area contributed by atoms with Gasteiger partial charge in [-0.15, -0.1) is 0 Å². The highest BCUT2D eigenvalue weighted by atomic mass is 16.2. The Kier molecular flexibility index (Phi) is 5.26. The number of amides is 1. The lowest BCUT2D eigenvalue weighted by molar-refractivity contribution is -0.134. The molecule has 2 N–H and O–H groups in total. The Balaban J connectivity index is 2.44. The first kappa shape index (κ1) is 13.5. The first-order valence-electron chi connectivity index (χ1n) is 6.58. The first-order valence-corrected chi connectivity index (χ1v) is 6.58. The predicted octanol–water partition coefficient (Wildman–Crippen LogP) is 2.01. The van der Waals surface area contributed by atoms with Crippen LogP contribution in [0.4, 0.5) is 0 Å². The lowest BCUT2D eigenvalue weighted by atomic mass is 9.91. The van der Waals surface area contributed by atoms with Crippen molar-refractivity contribution in [3.05, 3.63) is 0 Å². The van der Waals surface area contributed by atoms with Crippen LogP contribution in [-0.4, -0.2) is 29.9 Å². The van der Waals surface area contributed by atoms with Gasteiger partial charge in [-0.3, -0.25) is 4.79 Å². The summed E-state index contributed by atoms with van der Waals surface area (Å²) in [5, 5.41) is 0. The second kappa shape index (κ2) is 6.24. The molecule has 1 amide bonds. The van der Waals surface area contributed by atoms with Gasteiger partial charge in [0.15, 0.2) is 0 Å². The van der Waals surface area contributed by atoms with Gasteiger partial charge in [0.25, 0.3) is 0 Å². The molecule has 16 heavy (non-hydrogen) atoms. The fourth-order valence-electron chi connectivity index (χ4n) is 2.24. The molecule has 1 heterocycles. The number of rotatable bonds is 4. The minimum atomic E-state index is 0.208. The molecule has 0 bridgehead atoms. The van der Waals surface area contributed by atoms with Gasteiger partial charge in [0.2, 0.25) is 5.91 Å². The maximum atomic E-state index is 12.0. The van der Waals surface area contributed by atoms with E-state index in [9.17, 15) is 4.79 Å². The molecule has 1 aliphatic rings. The molecule has 1 saturated heterocycles. The van der Waals surface area contributed by atoms with Gasteiger partial charge >= 0.3 is 0 Å². The van der Waals surface area contributed by atoms with Crippen LogP contribution < -0.4 is 5.73 Å². The van der Waals surface area contributed by atoms with E-state index in [2.05, 4.69) is 13.8 Å². The van der Waals surface area contributed by atoms with Crippen LogP contribution in [0.25, 0.3) is 0 Å². The molecule has 0 radical (unpaired) electrons. The van der Waals surface area contributed by atoms with Crippen molar-refractivity contribution in [2.75, 3.05) is 13.1 Å². The van der Waals surface area contributed by atoms with Crippen LogP contribution in [0.2, 0.25) is 0 Å². The van der Waals surface area contributed by atoms with E-state index in [1.165, 1.54) is 6.42 Å². The number of nitrogens with zero attached hydrogens (tertiary/aromatic N) is 1. The van der Waals surface area contributed by atoms with E-state index in [0.717, 1.165) is 25.9 Å². The van der Waals surface area contributed by atoms with Gasteiger partial charge in [-0.05, 0) is 31.6 Å². The maximum absolute atomic E-state index is 12.0. The predicted molar refractivity (Wildman–Crippen MR) is 67.0 cm³/mol. The quantitative estimate of drug-likeness (QED) is 0.797. The molecular formula is C13H26N2O. The minimum absolute atomic E-state index is 0.208. The largest absolute Gasteiger partial charge is 0.342 e. The van der Waals surface area contributed by atoms with Crippen molar-refractivity contribution in [3.63, 3.8) is 0 Å². The highest BCUT2D eigenvalue weighted by Gasteiger charge is 2.26. The zero-order valence-electron chi connectivity index (χ0n) is 10.9. The summed E-state index contributed by atoms with van der Waals surface area (Å²) in [6.45, 7) is 8.13. The van der Waals surface area contributed by atoms with Crippen LogP contribution in [0.5, 0.6) is 0 Å². The zero-order valence-corrected chi connectivity index (χ0v) is 10.9. The molecule has 0 spiro atoms. The van der Waals surface area contributed by atoms with E-state index in [1.807, 2.05) is 11.8 Å². The number of piperidine rings is 1. The van der Waals surface area contributed by atoms with Crippen molar-refractivity contribution in [1.29, 1.82) is 0 Å². The number of carbonyl (C=O) groups is 1. The Morgan fingerprint density at radius 3 is 2.75 bits per heavy atom. The van der Waals surface area contributed by atoms with Crippen molar-refractivity contribution in [2.45, 2.75) is 52.5 Å². The molecule has 0 aliphatic carbocycles. The standard InChI is InChI=1S/C13H26N2O/c1-4-10(2)8-13(16)15-7-5-6-12(9-15)11(3)14/h10-12H,4-9,14H2,1-3H3. The smallest absolute Gasteiger partial charge is 0.222 e. The summed E-state index contributed by atoms with van der Waals surface area (Å²) in [4.78, 5) is 14.0. The van der Waals surface area contributed by atoms with Crippen molar-refractivity contribution in [2.24, 2.45) is 17.6 Å². The van der Waals surface area contributed by atoms with Crippen LogP contribution in [0.3, 0.4) is 0 Å². The Labute approximate surface area is 99.4 Å². The van der Waals surface area contributed by atoms with E-state index in [-0.39, 0.29) is 6.04 Å². The fourth-order valence-corrected chi connectivity index (χ4v) is 2.24. The van der Waals surface area contributed by atoms with Crippen LogP contribution in [0.15, 0.2) is 0 Å². The summed E-state index contributed by atoms with van der Waals surface area (Å²) < 4.78 is 0. The van der Waals surface area contributed by atoms with E-state index >= 15 is 0 Å². The average Bonchev–Trinajstić information content (AvgIpc) is 2.28. The molecule has 94 valence electrons. The van der Waals surface area contributed by atoms with Crippen molar-refractivity contribution < 1.29 is 4.79 Å². The molecule has 0 aromatic heterocycles. The van der Waals surface area contributed by atoms with Gasteiger partial charge < -0.3 is 10.6 Å². The van der Waals surface area contributed by atoms with Gasteiger partial charge in [0.05, 0.1) is 0 Å². The summed E-state index contributed by atoms with van der Waals surface area (Å²) in [7, 11) is 0. The second-order valence-corrected chi connectivity index (χ2v) is 5.32. The Morgan fingerprint density at radius 2 is 2.19 bits per heavy atom. The topological polar surface area (TPSA) is 46.3 Å². The highest BCUT2D eigenvalue weighted by Crippen LogP contribution is 2.20. The highest BCUT2D eigenvalue weighted by molar-refractivity contribution is 5.76. The molecule has 1 rings (SSSR count). The number of carbonyl (C=O) groups excluding carboxylic acids is 1. The minimum Gasteiger partial charge on any atom is -0.342 e. The normalized spacial score (nSPS) is 25.2. The van der Waals surface area contributed by atoms with E-state index in [1.54, 1.807) is 0 Å². The summed E-state index contributed by atoms with van der Waals surface area (Å²) >= 11 is 0. The number of nitrogens with two attached hydrogens (primary N) is 1. The van der Waals surface area contributed by atoms with E-state index in [0.29, 0.717) is 24.2 Å². The summed E-state index contributed by atoms with van der Waals surface area (Å²) in [6, 6.07) is 0.208. The molecule has 3 unspecified atom stereocenters. The van der Waals surface area contributed by atoms with Gasteiger partial charge in [0, 0.05) is 25.6 Å². The lowest BCUT2D eigenvalue weighted by Crippen LogP contribution is -2.45. The Hall–Kier alpha value is -0.570. The SMILES string of the molecule is CCC(C)CC(=O)N1CCCC(C(C)N)C1.